The van der Waals surface area contributed by atoms with Gasteiger partial charge in [-0.3, -0.25) is 4.72 Å². The lowest BCUT2D eigenvalue weighted by atomic mass is 10.1. The minimum atomic E-state index is -3.44. The van der Waals surface area contributed by atoms with Crippen LogP contribution in [0, 0.1) is 0 Å². The molecule has 0 bridgehead atoms. The largest absolute Gasteiger partial charge is 0.396 e. The monoisotopic (exact) mass is 286 g/mol. The number of hydrogen-bond donors (Lipinski definition) is 3. The first-order chi connectivity index (χ1) is 9.03. The van der Waals surface area contributed by atoms with Crippen LogP contribution in [-0.2, 0) is 16.4 Å². The maximum atomic E-state index is 12.1. The van der Waals surface area contributed by atoms with Crippen molar-refractivity contribution in [3.63, 3.8) is 0 Å². The SMILES string of the molecule is CCC(CN)S(=O)(=O)Nc1cccc(CCCO)c1. The molecule has 4 N–H and O–H groups in total. The maximum absolute atomic E-state index is 12.1. The quantitative estimate of drug-likeness (QED) is 0.667. The summed E-state index contributed by atoms with van der Waals surface area (Å²) in [6, 6.07) is 7.21. The fourth-order valence-corrected chi connectivity index (χ4v) is 3.15. The Bertz CT molecular complexity index is 484. The minimum Gasteiger partial charge on any atom is -0.396 e. The third-order valence-electron chi connectivity index (χ3n) is 2.97. The van der Waals surface area contributed by atoms with Gasteiger partial charge in [0.05, 0.1) is 5.25 Å². The number of hydrogen-bond acceptors (Lipinski definition) is 4. The van der Waals surface area contributed by atoms with E-state index in [9.17, 15) is 8.42 Å². The smallest absolute Gasteiger partial charge is 0.236 e. The van der Waals surface area contributed by atoms with Gasteiger partial charge >= 0.3 is 0 Å². The molecule has 0 spiro atoms. The van der Waals surface area contributed by atoms with Gasteiger partial charge in [0.25, 0.3) is 0 Å². The van der Waals surface area contributed by atoms with Crippen molar-refractivity contribution < 1.29 is 13.5 Å². The van der Waals surface area contributed by atoms with Gasteiger partial charge in [-0.15, -0.1) is 0 Å². The normalized spacial score (nSPS) is 13.2. The fraction of sp³-hybridized carbons (Fsp3) is 0.538. The average Bonchev–Trinajstić information content (AvgIpc) is 2.37. The van der Waals surface area contributed by atoms with Crippen LogP contribution in [0.15, 0.2) is 24.3 Å². The van der Waals surface area contributed by atoms with Crippen molar-refractivity contribution in [1.29, 1.82) is 0 Å². The fourth-order valence-electron chi connectivity index (χ4n) is 1.83. The first-order valence-electron chi connectivity index (χ1n) is 6.45. The molecule has 0 saturated carbocycles. The number of rotatable bonds is 8. The molecule has 5 nitrogen and oxygen atoms in total. The van der Waals surface area contributed by atoms with Gasteiger partial charge in [0.15, 0.2) is 0 Å². The zero-order valence-electron chi connectivity index (χ0n) is 11.2. The van der Waals surface area contributed by atoms with E-state index in [4.69, 9.17) is 10.8 Å². The van der Waals surface area contributed by atoms with Crippen LogP contribution in [0.5, 0.6) is 0 Å². The van der Waals surface area contributed by atoms with Crippen LogP contribution in [0.1, 0.15) is 25.3 Å². The van der Waals surface area contributed by atoms with Crippen molar-refractivity contribution in [3.05, 3.63) is 29.8 Å². The van der Waals surface area contributed by atoms with Gasteiger partial charge in [-0.2, -0.15) is 0 Å². The highest BCUT2D eigenvalue weighted by atomic mass is 32.2. The van der Waals surface area contributed by atoms with E-state index in [1.807, 2.05) is 6.07 Å². The Hall–Kier alpha value is -1.11. The molecule has 1 atom stereocenters. The number of nitrogens with two attached hydrogens (primary N) is 1. The molecule has 0 radical (unpaired) electrons. The average molecular weight is 286 g/mol. The summed E-state index contributed by atoms with van der Waals surface area (Å²) < 4.78 is 26.7. The summed E-state index contributed by atoms with van der Waals surface area (Å²) in [7, 11) is -3.44. The van der Waals surface area contributed by atoms with E-state index in [1.54, 1.807) is 25.1 Å². The second-order valence-corrected chi connectivity index (χ2v) is 6.40. The predicted molar refractivity (Wildman–Crippen MR) is 77.5 cm³/mol. The van der Waals surface area contributed by atoms with Crippen molar-refractivity contribution in [2.75, 3.05) is 17.9 Å². The number of nitrogens with one attached hydrogen (secondary N) is 1. The minimum absolute atomic E-state index is 0.107. The van der Waals surface area contributed by atoms with Crippen molar-refractivity contribution in [3.8, 4) is 0 Å². The van der Waals surface area contributed by atoms with E-state index in [-0.39, 0.29) is 13.2 Å². The van der Waals surface area contributed by atoms with E-state index in [1.165, 1.54) is 0 Å². The second-order valence-electron chi connectivity index (χ2n) is 4.44. The first kappa shape index (κ1) is 15.9. The molecule has 6 heteroatoms. The predicted octanol–water partition coefficient (Wildman–Crippen LogP) is 1.09. The Morgan fingerprint density at radius 3 is 2.74 bits per heavy atom. The van der Waals surface area contributed by atoms with E-state index in [0.29, 0.717) is 18.5 Å². The number of aliphatic hydroxyl groups is 1. The lowest BCUT2D eigenvalue weighted by Gasteiger charge is -2.15. The van der Waals surface area contributed by atoms with Crippen LogP contribution >= 0.6 is 0 Å². The van der Waals surface area contributed by atoms with Gasteiger partial charge in [-0.05, 0) is 37.0 Å². The van der Waals surface area contributed by atoms with Gasteiger partial charge in [-0.1, -0.05) is 19.1 Å². The van der Waals surface area contributed by atoms with E-state index < -0.39 is 15.3 Å². The molecule has 1 unspecified atom stereocenters. The molecule has 1 aromatic carbocycles. The highest BCUT2D eigenvalue weighted by Gasteiger charge is 2.22. The van der Waals surface area contributed by atoms with Crippen molar-refractivity contribution in [1.82, 2.24) is 0 Å². The molecule has 0 aromatic heterocycles. The van der Waals surface area contributed by atoms with E-state index in [0.717, 1.165) is 12.0 Å². The molecule has 0 heterocycles. The van der Waals surface area contributed by atoms with E-state index >= 15 is 0 Å². The third kappa shape index (κ3) is 4.81. The molecule has 0 aliphatic heterocycles. The van der Waals surface area contributed by atoms with Gasteiger partial charge in [0, 0.05) is 18.8 Å². The summed E-state index contributed by atoms with van der Waals surface area (Å²) in [6.45, 7) is 2.03. The molecular formula is C13H22N2O3S. The Morgan fingerprint density at radius 2 is 2.16 bits per heavy atom. The van der Waals surface area contributed by atoms with Crippen LogP contribution < -0.4 is 10.5 Å². The summed E-state index contributed by atoms with van der Waals surface area (Å²) >= 11 is 0. The molecule has 1 rings (SSSR count). The molecule has 0 amide bonds. The topological polar surface area (TPSA) is 92.4 Å². The molecule has 1 aromatic rings. The Labute approximate surface area is 114 Å². The molecule has 0 aliphatic carbocycles. The van der Waals surface area contributed by atoms with Gasteiger partial charge in [0.1, 0.15) is 0 Å². The zero-order chi connectivity index (χ0) is 14.3. The second kappa shape index (κ2) is 7.47. The molecule has 108 valence electrons. The van der Waals surface area contributed by atoms with Crippen molar-refractivity contribution in [2.45, 2.75) is 31.4 Å². The van der Waals surface area contributed by atoms with Crippen LogP contribution in [0.2, 0.25) is 0 Å². The zero-order valence-corrected chi connectivity index (χ0v) is 12.0. The van der Waals surface area contributed by atoms with Crippen molar-refractivity contribution >= 4 is 15.7 Å². The first-order valence-corrected chi connectivity index (χ1v) is 7.99. The van der Waals surface area contributed by atoms with Gasteiger partial charge < -0.3 is 10.8 Å². The number of aliphatic hydroxyl groups excluding tert-OH is 1. The Kier molecular flexibility index (Phi) is 6.27. The van der Waals surface area contributed by atoms with Crippen LogP contribution in [0.4, 0.5) is 5.69 Å². The highest BCUT2D eigenvalue weighted by molar-refractivity contribution is 7.93. The third-order valence-corrected chi connectivity index (χ3v) is 4.89. The maximum Gasteiger partial charge on any atom is 0.236 e. The summed E-state index contributed by atoms with van der Waals surface area (Å²) in [4.78, 5) is 0. The standard InChI is InChI=1S/C13H22N2O3S/c1-2-13(10-14)19(17,18)15-12-7-3-5-11(9-12)6-4-8-16/h3,5,7,9,13,15-16H,2,4,6,8,10,14H2,1H3. The summed E-state index contributed by atoms with van der Waals surface area (Å²) in [5.74, 6) is 0. The van der Waals surface area contributed by atoms with Crippen LogP contribution in [0.25, 0.3) is 0 Å². The number of sulfonamides is 1. The Balaban J connectivity index is 2.81. The summed E-state index contributed by atoms with van der Waals surface area (Å²) in [6.07, 6.45) is 1.87. The van der Waals surface area contributed by atoms with Gasteiger partial charge in [-0.25, -0.2) is 8.42 Å². The molecule has 0 fully saturated rings. The van der Waals surface area contributed by atoms with Crippen LogP contribution in [-0.4, -0.2) is 31.9 Å². The van der Waals surface area contributed by atoms with Gasteiger partial charge in [0.2, 0.25) is 10.0 Å². The van der Waals surface area contributed by atoms with Crippen molar-refractivity contribution in [2.24, 2.45) is 5.73 Å². The van der Waals surface area contributed by atoms with Crippen LogP contribution in [0.3, 0.4) is 0 Å². The summed E-state index contributed by atoms with van der Waals surface area (Å²) in [5, 5.41) is 8.22. The number of aryl methyl sites for hydroxylation is 1. The molecule has 19 heavy (non-hydrogen) atoms. The van der Waals surface area contributed by atoms with E-state index in [2.05, 4.69) is 4.72 Å². The molecular weight excluding hydrogens is 264 g/mol. The summed E-state index contributed by atoms with van der Waals surface area (Å²) in [5.41, 5.74) is 7.01. The number of benzene rings is 1. The lowest BCUT2D eigenvalue weighted by Crippen LogP contribution is -2.33. The Morgan fingerprint density at radius 1 is 1.42 bits per heavy atom. The molecule has 0 aliphatic rings. The number of anilines is 1. The lowest BCUT2D eigenvalue weighted by molar-refractivity contribution is 0.288. The molecule has 0 saturated heterocycles. The highest BCUT2D eigenvalue weighted by Crippen LogP contribution is 2.16.